The van der Waals surface area contributed by atoms with Gasteiger partial charge in [0.25, 0.3) is 0 Å². The van der Waals surface area contributed by atoms with Crippen LogP contribution in [0.5, 0.6) is 0 Å². The van der Waals surface area contributed by atoms with E-state index in [4.69, 9.17) is 4.74 Å². The molecule has 0 bridgehead atoms. The van der Waals surface area contributed by atoms with Crippen molar-refractivity contribution in [2.24, 2.45) is 0 Å². The highest BCUT2D eigenvalue weighted by Crippen LogP contribution is 2.50. The summed E-state index contributed by atoms with van der Waals surface area (Å²) in [5.74, 6) is -0.154. The van der Waals surface area contributed by atoms with Gasteiger partial charge in [0.05, 0.1) is 5.60 Å². The summed E-state index contributed by atoms with van der Waals surface area (Å²) < 4.78 is 19.9. The minimum Gasteiger partial charge on any atom is -0.375 e. The van der Waals surface area contributed by atoms with Crippen molar-refractivity contribution in [3.8, 4) is 0 Å². The Morgan fingerprint density at radius 2 is 1.82 bits per heavy atom. The monoisotopic (exact) mass is 381 g/mol. The van der Waals surface area contributed by atoms with E-state index in [1.807, 2.05) is 12.1 Å². The molecule has 1 spiro atoms. The molecular formula is C25H32FNO. The average molecular weight is 382 g/mol. The summed E-state index contributed by atoms with van der Waals surface area (Å²) in [6.45, 7) is 4.80. The molecule has 1 aliphatic heterocycles. The number of ether oxygens (including phenoxy) is 1. The van der Waals surface area contributed by atoms with Gasteiger partial charge >= 0.3 is 0 Å². The van der Waals surface area contributed by atoms with Gasteiger partial charge in [0.1, 0.15) is 5.82 Å². The summed E-state index contributed by atoms with van der Waals surface area (Å²) in [5.41, 5.74) is 4.03. The molecule has 0 aromatic heterocycles. The first-order valence-electron chi connectivity index (χ1n) is 10.8. The Kier molecular flexibility index (Phi) is 5.84. The van der Waals surface area contributed by atoms with E-state index < -0.39 is 0 Å². The predicted octanol–water partition coefficient (Wildman–Crippen LogP) is 5.68. The molecule has 0 amide bonds. The average Bonchev–Trinajstić information content (AvgIpc) is 3.13. The van der Waals surface area contributed by atoms with Crippen molar-refractivity contribution in [3.63, 3.8) is 0 Å². The van der Waals surface area contributed by atoms with Crippen molar-refractivity contribution in [1.82, 2.24) is 5.32 Å². The lowest BCUT2D eigenvalue weighted by atomic mass is 9.66. The van der Waals surface area contributed by atoms with E-state index in [-0.39, 0.29) is 16.8 Å². The second-order valence-corrected chi connectivity index (χ2v) is 8.87. The molecule has 2 aliphatic rings. The molecule has 0 unspecified atom stereocenters. The smallest absolute Gasteiger partial charge is 0.123 e. The zero-order chi connectivity index (χ0) is 19.5. The molecule has 2 nitrogen and oxygen atoms in total. The van der Waals surface area contributed by atoms with E-state index in [0.29, 0.717) is 0 Å². The third kappa shape index (κ3) is 4.31. The van der Waals surface area contributed by atoms with Crippen LogP contribution >= 0.6 is 0 Å². The minimum atomic E-state index is -0.154. The van der Waals surface area contributed by atoms with Gasteiger partial charge in [-0.15, -0.1) is 0 Å². The van der Waals surface area contributed by atoms with Gasteiger partial charge in [0, 0.05) is 18.6 Å². The van der Waals surface area contributed by atoms with Gasteiger partial charge in [-0.1, -0.05) is 54.8 Å². The summed E-state index contributed by atoms with van der Waals surface area (Å²) in [6, 6.07) is 15.9. The second-order valence-electron chi connectivity index (χ2n) is 8.87. The van der Waals surface area contributed by atoms with Crippen LogP contribution in [0.4, 0.5) is 4.39 Å². The number of benzene rings is 2. The quantitative estimate of drug-likeness (QED) is 0.651. The molecule has 1 aliphatic carbocycles. The van der Waals surface area contributed by atoms with Gasteiger partial charge in [-0.2, -0.15) is 0 Å². The minimum absolute atomic E-state index is 0.0448. The van der Waals surface area contributed by atoms with Crippen LogP contribution in [-0.4, -0.2) is 18.8 Å². The van der Waals surface area contributed by atoms with Gasteiger partial charge < -0.3 is 10.1 Å². The molecule has 1 saturated carbocycles. The third-order valence-electron chi connectivity index (χ3n) is 6.81. The molecule has 28 heavy (non-hydrogen) atoms. The molecule has 2 fully saturated rings. The molecule has 4 rings (SSSR count). The van der Waals surface area contributed by atoms with Gasteiger partial charge in [-0.3, -0.25) is 0 Å². The molecule has 2 aromatic carbocycles. The van der Waals surface area contributed by atoms with Gasteiger partial charge in [0.15, 0.2) is 0 Å². The van der Waals surface area contributed by atoms with Crippen LogP contribution < -0.4 is 5.32 Å². The fraction of sp³-hybridized carbons (Fsp3) is 0.520. The molecule has 1 saturated heterocycles. The van der Waals surface area contributed by atoms with Crippen molar-refractivity contribution < 1.29 is 9.13 Å². The van der Waals surface area contributed by atoms with Crippen molar-refractivity contribution >= 4 is 0 Å². The Hall–Kier alpha value is -1.71. The van der Waals surface area contributed by atoms with E-state index in [9.17, 15) is 4.39 Å². The fourth-order valence-electron chi connectivity index (χ4n) is 5.35. The second kappa shape index (κ2) is 8.34. The molecule has 1 atom stereocenters. The molecule has 1 N–H and O–H groups in total. The summed E-state index contributed by atoms with van der Waals surface area (Å²) >= 11 is 0. The standard InChI is InChI=1S/C25H32FNO/c1-20-5-4-6-21(17-20)18-27-15-13-24(22-7-9-23(26)10-8-22)14-16-28-25(19-24)11-2-3-12-25/h4-10,17,27H,2-3,11-16,18-19H2,1H3/t24-/m1/s1. The maximum Gasteiger partial charge on any atom is 0.123 e. The van der Waals surface area contributed by atoms with Crippen LogP contribution in [0.2, 0.25) is 0 Å². The lowest BCUT2D eigenvalue weighted by Crippen LogP contribution is -2.47. The highest BCUT2D eigenvalue weighted by Gasteiger charge is 2.47. The summed E-state index contributed by atoms with van der Waals surface area (Å²) in [7, 11) is 0. The van der Waals surface area contributed by atoms with E-state index in [0.717, 1.165) is 39.0 Å². The lowest BCUT2D eigenvalue weighted by Gasteiger charge is -2.47. The normalized spacial score (nSPS) is 23.9. The summed E-state index contributed by atoms with van der Waals surface area (Å²) in [4.78, 5) is 0. The number of halogens is 1. The highest BCUT2D eigenvalue weighted by molar-refractivity contribution is 5.28. The van der Waals surface area contributed by atoms with Crippen molar-refractivity contribution in [2.45, 2.75) is 69.4 Å². The van der Waals surface area contributed by atoms with Crippen molar-refractivity contribution in [2.75, 3.05) is 13.2 Å². The van der Waals surface area contributed by atoms with Crippen molar-refractivity contribution in [1.29, 1.82) is 0 Å². The summed E-state index contributed by atoms with van der Waals surface area (Å²) in [6.07, 6.45) is 8.04. The lowest BCUT2D eigenvalue weighted by molar-refractivity contribution is -0.103. The summed E-state index contributed by atoms with van der Waals surface area (Å²) in [5, 5.41) is 3.65. The largest absolute Gasteiger partial charge is 0.375 e. The number of aryl methyl sites for hydroxylation is 1. The Balaban J connectivity index is 1.47. The first-order chi connectivity index (χ1) is 13.6. The zero-order valence-electron chi connectivity index (χ0n) is 17.0. The first kappa shape index (κ1) is 19.6. The van der Waals surface area contributed by atoms with Gasteiger partial charge in [0.2, 0.25) is 0 Å². The highest BCUT2D eigenvalue weighted by atomic mass is 19.1. The molecule has 0 radical (unpaired) electrons. The van der Waals surface area contributed by atoms with Gasteiger partial charge in [-0.05, 0) is 68.8 Å². The molecule has 1 heterocycles. The van der Waals surface area contributed by atoms with Crippen LogP contribution in [0.3, 0.4) is 0 Å². The predicted molar refractivity (Wildman–Crippen MR) is 112 cm³/mol. The van der Waals surface area contributed by atoms with Crippen LogP contribution in [0.25, 0.3) is 0 Å². The van der Waals surface area contributed by atoms with E-state index in [1.54, 1.807) is 12.1 Å². The maximum absolute atomic E-state index is 13.6. The van der Waals surface area contributed by atoms with Crippen LogP contribution in [0.1, 0.15) is 61.6 Å². The van der Waals surface area contributed by atoms with Gasteiger partial charge in [-0.25, -0.2) is 4.39 Å². The molecule has 2 aromatic rings. The number of hydrogen-bond donors (Lipinski definition) is 1. The Labute approximate surface area is 168 Å². The maximum atomic E-state index is 13.6. The van der Waals surface area contributed by atoms with Crippen LogP contribution in [0.15, 0.2) is 48.5 Å². The van der Waals surface area contributed by atoms with E-state index >= 15 is 0 Å². The zero-order valence-corrected chi connectivity index (χ0v) is 17.0. The molecule has 3 heteroatoms. The first-order valence-corrected chi connectivity index (χ1v) is 10.8. The molecular weight excluding hydrogens is 349 g/mol. The SMILES string of the molecule is Cc1cccc(CNCC[C@@]2(c3ccc(F)cc3)CCOC3(CCCC3)C2)c1. The molecule has 150 valence electrons. The topological polar surface area (TPSA) is 21.3 Å². The number of hydrogen-bond acceptors (Lipinski definition) is 2. The van der Waals surface area contributed by atoms with E-state index in [1.165, 1.54) is 42.4 Å². The Morgan fingerprint density at radius 3 is 2.57 bits per heavy atom. The van der Waals surface area contributed by atoms with Crippen LogP contribution in [-0.2, 0) is 16.7 Å². The Morgan fingerprint density at radius 1 is 1.04 bits per heavy atom. The Bertz CT molecular complexity index is 781. The van der Waals surface area contributed by atoms with Crippen molar-refractivity contribution in [3.05, 3.63) is 71.0 Å². The number of nitrogens with one attached hydrogen (secondary N) is 1. The van der Waals surface area contributed by atoms with Crippen LogP contribution in [0, 0.1) is 12.7 Å². The number of rotatable bonds is 6. The van der Waals surface area contributed by atoms with E-state index in [2.05, 4.69) is 36.5 Å². The third-order valence-corrected chi connectivity index (χ3v) is 6.81. The fourth-order valence-corrected chi connectivity index (χ4v) is 5.35.